The maximum absolute atomic E-state index is 2.53. The van der Waals surface area contributed by atoms with Crippen LogP contribution in [0.15, 0.2) is 285 Å². The maximum atomic E-state index is 2.53. The minimum atomic E-state index is -0.549. The minimum absolute atomic E-state index is 0.549. The monoisotopic (exact) mass is 889 g/mol. The van der Waals surface area contributed by atoms with Crippen molar-refractivity contribution >= 4 is 38.6 Å². The van der Waals surface area contributed by atoms with E-state index in [1.54, 1.807) is 0 Å². The minimum Gasteiger partial charge on any atom is -0.309 e. The summed E-state index contributed by atoms with van der Waals surface area (Å²) < 4.78 is 0. The summed E-state index contributed by atoms with van der Waals surface area (Å²) in [5.41, 5.74) is 19.8. The first-order valence-corrected chi connectivity index (χ1v) is 24.3. The molecule has 0 heterocycles. The van der Waals surface area contributed by atoms with Gasteiger partial charge in [-0.05, 0) is 119 Å². The summed E-state index contributed by atoms with van der Waals surface area (Å²) in [6, 6.07) is 105. The summed E-state index contributed by atoms with van der Waals surface area (Å²) in [7, 11) is 0. The van der Waals surface area contributed by atoms with Crippen LogP contribution in [0, 0.1) is 0 Å². The zero-order valence-corrected chi connectivity index (χ0v) is 38.6. The molecule has 0 aliphatic heterocycles. The van der Waals surface area contributed by atoms with E-state index in [1.807, 2.05) is 0 Å². The average molecular weight is 890 g/mol. The molecule has 13 rings (SSSR count). The van der Waals surface area contributed by atoms with Crippen LogP contribution in [0.2, 0.25) is 0 Å². The van der Waals surface area contributed by atoms with Crippen molar-refractivity contribution in [2.24, 2.45) is 0 Å². The number of anilines is 3. The molecule has 0 fully saturated rings. The molecule has 1 heteroatoms. The molecule has 1 nitrogen and oxygen atoms in total. The zero-order valence-electron chi connectivity index (χ0n) is 38.6. The van der Waals surface area contributed by atoms with Gasteiger partial charge in [0.05, 0.1) is 16.8 Å². The second-order valence-corrected chi connectivity index (χ2v) is 18.3. The normalized spacial score (nSPS) is 12.4. The molecule has 0 saturated heterocycles. The fourth-order valence-corrected chi connectivity index (χ4v) is 11.6. The van der Waals surface area contributed by atoms with Gasteiger partial charge in [-0.2, -0.15) is 0 Å². The quantitative estimate of drug-likeness (QED) is 0.131. The molecule has 0 radical (unpaired) electrons. The van der Waals surface area contributed by atoms with Crippen molar-refractivity contribution in [3.63, 3.8) is 0 Å². The van der Waals surface area contributed by atoms with Gasteiger partial charge in [0, 0.05) is 16.8 Å². The molecule has 0 amide bonds. The lowest BCUT2D eigenvalue weighted by Gasteiger charge is -2.34. The Labute approximate surface area is 409 Å². The van der Waals surface area contributed by atoms with Gasteiger partial charge in [-0.25, -0.2) is 0 Å². The summed E-state index contributed by atoms with van der Waals surface area (Å²) in [5, 5.41) is 4.95. The lowest BCUT2D eigenvalue weighted by atomic mass is 9.68. The van der Waals surface area contributed by atoms with Gasteiger partial charge in [0.25, 0.3) is 0 Å². The number of nitrogens with zero attached hydrogens (tertiary/aromatic N) is 1. The van der Waals surface area contributed by atoms with Crippen molar-refractivity contribution in [1.29, 1.82) is 0 Å². The van der Waals surface area contributed by atoms with Crippen molar-refractivity contribution in [2.45, 2.75) is 5.41 Å². The SMILES string of the molecule is c1ccc(-c2cccc(N(c3ccccc3-c3ccc4c(c3)c(-c3ccccc3)c(-c3ccccc3)c3ccccc34)c3cccc4c3-c3ccccc3C4(c3ccccc3)c3ccccc3)c2)cc1. The smallest absolute Gasteiger partial charge is 0.0714 e. The number of fused-ring (bicyclic) bond motifs is 6. The first-order valence-electron chi connectivity index (χ1n) is 24.3. The summed E-state index contributed by atoms with van der Waals surface area (Å²) in [5.74, 6) is 0. The standard InChI is InChI=1S/C69H47N/c1-6-24-48(25-7-1)51-30-22-35-55(46-51)70(65-43-23-41-63-68(65)60-39-18-20-40-62(60)69(63,53-31-12-4-13-32-53)54-33-14-5-15-34-54)64-42-21-19-36-56(64)52-44-45-58-57-37-16-17-38-59(57)66(49-26-8-2-9-27-49)67(61(58)47-52)50-28-10-3-11-29-50/h1-47H. The van der Waals surface area contributed by atoms with Crippen molar-refractivity contribution in [1.82, 2.24) is 0 Å². The summed E-state index contributed by atoms with van der Waals surface area (Å²) in [4.78, 5) is 2.53. The molecule has 0 saturated carbocycles. The predicted molar refractivity (Wildman–Crippen MR) is 295 cm³/mol. The molecule has 1 aliphatic carbocycles. The van der Waals surface area contributed by atoms with Gasteiger partial charge in [0.15, 0.2) is 0 Å². The Morgan fingerprint density at radius 2 is 0.714 bits per heavy atom. The molecular weight excluding hydrogens is 843 g/mol. The lowest BCUT2D eigenvalue weighted by Crippen LogP contribution is -2.28. The van der Waals surface area contributed by atoms with Gasteiger partial charge in [0.1, 0.15) is 0 Å². The number of benzene rings is 12. The van der Waals surface area contributed by atoms with Crippen LogP contribution in [0.1, 0.15) is 22.3 Å². The number of hydrogen-bond donors (Lipinski definition) is 0. The maximum Gasteiger partial charge on any atom is 0.0714 e. The third-order valence-electron chi connectivity index (χ3n) is 14.5. The van der Waals surface area contributed by atoms with Crippen LogP contribution in [-0.2, 0) is 5.41 Å². The molecule has 328 valence electrons. The molecule has 0 spiro atoms. The first kappa shape index (κ1) is 41.2. The van der Waals surface area contributed by atoms with E-state index in [0.29, 0.717) is 0 Å². The molecule has 1 aliphatic rings. The Morgan fingerprint density at radius 3 is 1.39 bits per heavy atom. The molecule has 70 heavy (non-hydrogen) atoms. The van der Waals surface area contributed by atoms with Gasteiger partial charge < -0.3 is 4.90 Å². The molecule has 0 unspecified atom stereocenters. The van der Waals surface area contributed by atoms with E-state index in [4.69, 9.17) is 0 Å². The largest absolute Gasteiger partial charge is 0.309 e. The highest BCUT2D eigenvalue weighted by Crippen LogP contribution is 2.60. The van der Waals surface area contributed by atoms with Gasteiger partial charge >= 0.3 is 0 Å². The Balaban J connectivity index is 1.11. The molecule has 12 aromatic rings. The molecule has 0 N–H and O–H groups in total. The van der Waals surface area contributed by atoms with E-state index < -0.39 is 5.41 Å². The second kappa shape index (κ2) is 17.2. The van der Waals surface area contributed by atoms with Crippen LogP contribution in [0.5, 0.6) is 0 Å². The summed E-state index contributed by atoms with van der Waals surface area (Å²) in [6.07, 6.45) is 0. The van der Waals surface area contributed by atoms with Crippen molar-refractivity contribution in [3.8, 4) is 55.6 Å². The molecule has 0 bridgehead atoms. The van der Waals surface area contributed by atoms with Gasteiger partial charge in [-0.3, -0.25) is 0 Å². The highest BCUT2D eigenvalue weighted by molar-refractivity contribution is 6.22. The van der Waals surface area contributed by atoms with Crippen LogP contribution in [0.4, 0.5) is 17.1 Å². The Hall–Kier alpha value is -9.04. The third kappa shape index (κ3) is 6.62. The topological polar surface area (TPSA) is 3.24 Å². The Bertz CT molecular complexity index is 3820. The van der Waals surface area contributed by atoms with Gasteiger partial charge in [-0.1, -0.05) is 255 Å². The average Bonchev–Trinajstić information content (AvgIpc) is 3.75. The summed E-state index contributed by atoms with van der Waals surface area (Å²) >= 11 is 0. The fourth-order valence-electron chi connectivity index (χ4n) is 11.6. The van der Waals surface area contributed by atoms with Crippen LogP contribution in [0.25, 0.3) is 77.2 Å². The number of rotatable bonds is 9. The van der Waals surface area contributed by atoms with Gasteiger partial charge in [-0.15, -0.1) is 0 Å². The molecular formula is C69H47N. The zero-order chi connectivity index (χ0) is 46.4. The fraction of sp³-hybridized carbons (Fsp3) is 0.0145. The van der Waals surface area contributed by atoms with Crippen LogP contribution in [-0.4, -0.2) is 0 Å². The Kier molecular flexibility index (Phi) is 10.1. The van der Waals surface area contributed by atoms with Crippen molar-refractivity contribution in [3.05, 3.63) is 307 Å². The Morgan fingerprint density at radius 1 is 0.243 bits per heavy atom. The van der Waals surface area contributed by atoms with E-state index in [-0.39, 0.29) is 0 Å². The third-order valence-corrected chi connectivity index (χ3v) is 14.5. The number of para-hydroxylation sites is 1. The first-order chi connectivity index (χ1) is 34.8. The molecule has 0 atom stereocenters. The second-order valence-electron chi connectivity index (χ2n) is 18.3. The van der Waals surface area contributed by atoms with Crippen molar-refractivity contribution < 1.29 is 0 Å². The molecule has 12 aromatic carbocycles. The van der Waals surface area contributed by atoms with Crippen LogP contribution < -0.4 is 4.90 Å². The van der Waals surface area contributed by atoms with Crippen LogP contribution >= 0.6 is 0 Å². The van der Waals surface area contributed by atoms with E-state index >= 15 is 0 Å². The van der Waals surface area contributed by atoms with Crippen LogP contribution in [0.3, 0.4) is 0 Å². The van der Waals surface area contributed by atoms with E-state index in [2.05, 4.69) is 290 Å². The lowest BCUT2D eigenvalue weighted by molar-refractivity contribution is 0.768. The highest BCUT2D eigenvalue weighted by atomic mass is 15.1. The van der Waals surface area contributed by atoms with E-state index in [9.17, 15) is 0 Å². The molecule has 0 aromatic heterocycles. The summed E-state index contributed by atoms with van der Waals surface area (Å²) in [6.45, 7) is 0. The highest BCUT2D eigenvalue weighted by Gasteiger charge is 2.47. The van der Waals surface area contributed by atoms with Crippen molar-refractivity contribution in [2.75, 3.05) is 4.90 Å². The van der Waals surface area contributed by atoms with E-state index in [0.717, 1.165) is 33.8 Å². The predicted octanol–water partition coefficient (Wildman–Crippen LogP) is 18.5. The van der Waals surface area contributed by atoms with Gasteiger partial charge in [0.2, 0.25) is 0 Å². The van der Waals surface area contributed by atoms with E-state index in [1.165, 1.54) is 82.7 Å². The number of hydrogen-bond acceptors (Lipinski definition) is 1.